The van der Waals surface area contributed by atoms with Gasteiger partial charge in [0.25, 0.3) is 15.7 Å². The van der Waals surface area contributed by atoms with Crippen molar-refractivity contribution in [3.63, 3.8) is 0 Å². The molecular weight excluding hydrogens is 408 g/mol. The molecule has 0 saturated heterocycles. The monoisotopic (exact) mass is 434 g/mol. The van der Waals surface area contributed by atoms with Gasteiger partial charge in [0.2, 0.25) is 0 Å². The molecule has 0 aliphatic rings. The first-order valence-electron chi connectivity index (χ1n) is 9.57. The Morgan fingerprint density at radius 2 is 1.77 bits per heavy atom. The maximum atomic E-state index is 12.8. The van der Waals surface area contributed by atoms with E-state index in [-0.39, 0.29) is 10.6 Å². The Balaban J connectivity index is 2.34. The third-order valence-corrected chi connectivity index (χ3v) is 5.78. The molecule has 162 valence electrons. The highest BCUT2D eigenvalue weighted by Crippen LogP contribution is 2.30. The standard InChI is InChI=1S/C20H26N4O5S/c1-4-5-6-11-21-20(25)23-30(28,29)19-13-16(24(26)27)8-10-18(19)22-17-9-7-14(2)12-15(17)3/h7-10,12-13,22H,4-6,11H2,1-3H3,(H2,21,23,25). The zero-order valence-electron chi connectivity index (χ0n) is 17.2. The Morgan fingerprint density at radius 3 is 2.40 bits per heavy atom. The highest BCUT2D eigenvalue weighted by atomic mass is 32.2. The number of rotatable bonds is 9. The summed E-state index contributed by atoms with van der Waals surface area (Å²) in [4.78, 5) is 22.1. The number of non-ortho nitro benzene ring substituents is 1. The van der Waals surface area contributed by atoms with Gasteiger partial charge in [-0.15, -0.1) is 0 Å². The van der Waals surface area contributed by atoms with E-state index in [0.29, 0.717) is 12.2 Å². The molecule has 0 fully saturated rings. The van der Waals surface area contributed by atoms with Crippen LogP contribution in [0.2, 0.25) is 0 Å². The van der Waals surface area contributed by atoms with Gasteiger partial charge in [-0.05, 0) is 38.0 Å². The number of carbonyl (C=O) groups is 1. The first kappa shape index (κ1) is 23.1. The van der Waals surface area contributed by atoms with Crippen molar-refractivity contribution in [2.45, 2.75) is 44.9 Å². The second kappa shape index (κ2) is 10.1. The summed E-state index contributed by atoms with van der Waals surface area (Å²) in [7, 11) is -4.36. The van der Waals surface area contributed by atoms with Gasteiger partial charge in [-0.1, -0.05) is 37.5 Å². The van der Waals surface area contributed by atoms with Crippen molar-refractivity contribution >= 4 is 33.1 Å². The molecule has 0 unspecified atom stereocenters. The summed E-state index contributed by atoms with van der Waals surface area (Å²) in [6.45, 7) is 6.13. The third kappa shape index (κ3) is 6.18. The van der Waals surface area contributed by atoms with Crippen molar-refractivity contribution in [3.8, 4) is 0 Å². The van der Waals surface area contributed by atoms with Crippen LogP contribution in [-0.2, 0) is 10.0 Å². The number of nitrogens with zero attached hydrogens (tertiary/aromatic N) is 1. The first-order valence-corrected chi connectivity index (χ1v) is 11.1. The number of aryl methyl sites for hydroxylation is 2. The number of unbranched alkanes of at least 4 members (excludes halogenated alkanes) is 2. The maximum absolute atomic E-state index is 12.8. The molecule has 0 aliphatic heterocycles. The Kier molecular flexibility index (Phi) is 7.76. The maximum Gasteiger partial charge on any atom is 0.328 e. The first-order chi connectivity index (χ1) is 14.1. The Morgan fingerprint density at radius 1 is 1.07 bits per heavy atom. The van der Waals surface area contributed by atoms with Crippen molar-refractivity contribution in [1.82, 2.24) is 10.0 Å². The average molecular weight is 435 g/mol. The number of amides is 2. The molecule has 2 rings (SSSR count). The number of nitrogens with one attached hydrogen (secondary N) is 3. The van der Waals surface area contributed by atoms with E-state index in [1.165, 1.54) is 12.1 Å². The number of carbonyl (C=O) groups excluding carboxylic acids is 1. The molecule has 2 aromatic rings. The summed E-state index contributed by atoms with van der Waals surface area (Å²) in [5.41, 5.74) is 2.29. The van der Waals surface area contributed by atoms with Crippen LogP contribution in [-0.4, -0.2) is 25.9 Å². The zero-order valence-corrected chi connectivity index (χ0v) is 18.0. The van der Waals surface area contributed by atoms with Gasteiger partial charge in [-0.3, -0.25) is 10.1 Å². The largest absolute Gasteiger partial charge is 0.354 e. The molecule has 0 aliphatic carbocycles. The lowest BCUT2D eigenvalue weighted by molar-refractivity contribution is -0.385. The lowest BCUT2D eigenvalue weighted by Gasteiger charge is -2.15. The number of anilines is 2. The van der Waals surface area contributed by atoms with Crippen LogP contribution in [0.1, 0.15) is 37.3 Å². The SMILES string of the molecule is CCCCCNC(=O)NS(=O)(=O)c1cc([N+](=O)[O-])ccc1Nc1ccc(C)cc1C. The number of nitro benzene ring substituents is 1. The molecule has 0 atom stereocenters. The Bertz CT molecular complexity index is 1040. The highest BCUT2D eigenvalue weighted by Gasteiger charge is 2.24. The fourth-order valence-corrected chi connectivity index (χ4v) is 3.95. The number of sulfonamides is 1. The highest BCUT2D eigenvalue weighted by molar-refractivity contribution is 7.90. The third-order valence-electron chi connectivity index (χ3n) is 4.41. The second-order valence-electron chi connectivity index (χ2n) is 6.95. The molecule has 0 aromatic heterocycles. The van der Waals surface area contributed by atoms with E-state index in [1.807, 2.05) is 37.6 Å². The molecular formula is C20H26N4O5S. The molecule has 0 spiro atoms. The number of hydrogen-bond acceptors (Lipinski definition) is 6. The summed E-state index contributed by atoms with van der Waals surface area (Å²) in [5.74, 6) is 0. The normalized spacial score (nSPS) is 11.0. The van der Waals surface area contributed by atoms with Crippen LogP contribution in [0.3, 0.4) is 0 Å². The van der Waals surface area contributed by atoms with E-state index in [0.717, 1.165) is 36.5 Å². The van der Waals surface area contributed by atoms with Gasteiger partial charge in [0.15, 0.2) is 0 Å². The van der Waals surface area contributed by atoms with Gasteiger partial charge in [-0.25, -0.2) is 17.9 Å². The topological polar surface area (TPSA) is 130 Å². The van der Waals surface area contributed by atoms with Crippen molar-refractivity contribution in [1.29, 1.82) is 0 Å². The van der Waals surface area contributed by atoms with Gasteiger partial charge in [0.1, 0.15) is 4.90 Å². The quantitative estimate of drug-likeness (QED) is 0.309. The number of benzene rings is 2. The van der Waals surface area contributed by atoms with Crippen molar-refractivity contribution in [2.24, 2.45) is 0 Å². The molecule has 9 nitrogen and oxygen atoms in total. The van der Waals surface area contributed by atoms with Crippen molar-refractivity contribution in [3.05, 3.63) is 57.6 Å². The molecule has 0 radical (unpaired) electrons. The summed E-state index contributed by atoms with van der Waals surface area (Å²) in [6.07, 6.45) is 2.59. The number of hydrogen-bond donors (Lipinski definition) is 3. The average Bonchev–Trinajstić information content (AvgIpc) is 2.67. The molecule has 0 saturated carbocycles. The van der Waals surface area contributed by atoms with Gasteiger partial charge < -0.3 is 10.6 Å². The van der Waals surface area contributed by atoms with E-state index in [1.54, 1.807) is 6.07 Å². The summed E-state index contributed by atoms with van der Waals surface area (Å²) < 4.78 is 27.6. The minimum absolute atomic E-state index is 0.124. The molecule has 2 aromatic carbocycles. The number of urea groups is 1. The van der Waals surface area contributed by atoms with Crippen LogP contribution in [0.15, 0.2) is 41.3 Å². The van der Waals surface area contributed by atoms with Crippen LogP contribution >= 0.6 is 0 Å². The minimum atomic E-state index is -4.36. The zero-order chi connectivity index (χ0) is 22.3. The smallest absolute Gasteiger partial charge is 0.328 e. The molecule has 10 heteroatoms. The van der Waals surface area contributed by atoms with Gasteiger partial charge >= 0.3 is 6.03 Å². The van der Waals surface area contributed by atoms with E-state index in [2.05, 4.69) is 10.6 Å². The van der Waals surface area contributed by atoms with Crippen LogP contribution in [0.25, 0.3) is 0 Å². The molecule has 2 amide bonds. The predicted octanol–water partition coefficient (Wildman–Crippen LogP) is 4.13. The van der Waals surface area contributed by atoms with Gasteiger partial charge in [0.05, 0.1) is 10.6 Å². The van der Waals surface area contributed by atoms with Gasteiger partial charge in [-0.2, -0.15) is 0 Å². The molecule has 30 heavy (non-hydrogen) atoms. The number of nitro groups is 1. The van der Waals surface area contributed by atoms with Crippen LogP contribution in [0, 0.1) is 24.0 Å². The Hall–Kier alpha value is -3.14. The lowest BCUT2D eigenvalue weighted by atomic mass is 10.1. The van der Waals surface area contributed by atoms with Crippen LogP contribution in [0.4, 0.5) is 21.9 Å². The van der Waals surface area contributed by atoms with E-state index in [9.17, 15) is 23.3 Å². The summed E-state index contributed by atoms with van der Waals surface area (Å²) in [5, 5.41) is 16.6. The Labute approximate surface area is 176 Å². The van der Waals surface area contributed by atoms with Gasteiger partial charge in [0, 0.05) is 24.4 Å². The fraction of sp³-hybridized carbons (Fsp3) is 0.350. The molecule has 0 bridgehead atoms. The second-order valence-corrected chi connectivity index (χ2v) is 8.60. The van der Waals surface area contributed by atoms with E-state index in [4.69, 9.17) is 0 Å². The molecule has 3 N–H and O–H groups in total. The minimum Gasteiger partial charge on any atom is -0.354 e. The van der Waals surface area contributed by atoms with Crippen LogP contribution in [0.5, 0.6) is 0 Å². The fourth-order valence-electron chi connectivity index (χ4n) is 2.84. The van der Waals surface area contributed by atoms with Crippen molar-refractivity contribution < 1.29 is 18.1 Å². The predicted molar refractivity (Wildman–Crippen MR) is 116 cm³/mol. The van der Waals surface area contributed by atoms with E-state index < -0.39 is 26.7 Å². The summed E-state index contributed by atoms with van der Waals surface area (Å²) >= 11 is 0. The van der Waals surface area contributed by atoms with E-state index >= 15 is 0 Å². The summed E-state index contributed by atoms with van der Waals surface area (Å²) in [6, 6.07) is 8.13. The van der Waals surface area contributed by atoms with Crippen LogP contribution < -0.4 is 15.4 Å². The lowest BCUT2D eigenvalue weighted by Crippen LogP contribution is -2.40. The van der Waals surface area contributed by atoms with Crippen molar-refractivity contribution in [2.75, 3.05) is 11.9 Å². The molecule has 0 heterocycles.